The van der Waals surface area contributed by atoms with Crippen molar-refractivity contribution in [2.24, 2.45) is 0 Å². The van der Waals surface area contributed by atoms with Crippen LogP contribution in [0.3, 0.4) is 0 Å². The molecule has 0 aliphatic carbocycles. The number of hydrogen-bond donors (Lipinski definition) is 1. The monoisotopic (exact) mass is 394 g/mol. The van der Waals surface area contributed by atoms with Crippen LogP contribution in [0.25, 0.3) is 11.3 Å². The number of pyridine rings is 1. The van der Waals surface area contributed by atoms with Crippen molar-refractivity contribution < 1.29 is 22.5 Å². The van der Waals surface area contributed by atoms with Gasteiger partial charge < -0.3 is 14.6 Å². The lowest BCUT2D eigenvalue weighted by Crippen LogP contribution is -2.49. The SMILES string of the molecule is CC1CN(S(=O)(=O)CCNC(=O)c2cc(-c3cccnc3)on2)CC(C)O1. The van der Waals surface area contributed by atoms with Gasteiger partial charge in [-0.25, -0.2) is 8.42 Å². The summed E-state index contributed by atoms with van der Waals surface area (Å²) in [5.74, 6) is -0.268. The summed E-state index contributed by atoms with van der Waals surface area (Å²) in [5.41, 5.74) is 0.780. The number of carbonyl (C=O) groups is 1. The highest BCUT2D eigenvalue weighted by Crippen LogP contribution is 2.19. The minimum atomic E-state index is -3.48. The minimum absolute atomic E-state index is 0.0175. The van der Waals surface area contributed by atoms with Crippen molar-refractivity contribution >= 4 is 15.9 Å². The molecule has 0 saturated carbocycles. The molecule has 27 heavy (non-hydrogen) atoms. The van der Waals surface area contributed by atoms with Gasteiger partial charge in [0.05, 0.1) is 18.0 Å². The van der Waals surface area contributed by atoms with Gasteiger partial charge in [0.15, 0.2) is 11.5 Å². The number of morpholine rings is 1. The van der Waals surface area contributed by atoms with Gasteiger partial charge in [0.1, 0.15) is 0 Å². The van der Waals surface area contributed by atoms with Crippen LogP contribution in [0.5, 0.6) is 0 Å². The van der Waals surface area contributed by atoms with Crippen LogP contribution in [0.15, 0.2) is 35.1 Å². The van der Waals surface area contributed by atoms with Gasteiger partial charge in [0, 0.05) is 43.7 Å². The first-order valence-electron chi connectivity index (χ1n) is 8.64. The largest absolute Gasteiger partial charge is 0.373 e. The molecule has 1 fully saturated rings. The summed E-state index contributed by atoms with van der Waals surface area (Å²) in [7, 11) is -3.48. The lowest BCUT2D eigenvalue weighted by atomic mass is 10.2. The molecule has 2 aromatic rings. The van der Waals surface area contributed by atoms with Gasteiger partial charge in [-0.15, -0.1) is 0 Å². The topological polar surface area (TPSA) is 115 Å². The molecular weight excluding hydrogens is 372 g/mol. The molecule has 0 bridgehead atoms. The van der Waals surface area contributed by atoms with E-state index in [9.17, 15) is 13.2 Å². The fourth-order valence-corrected chi connectivity index (χ4v) is 4.39. The van der Waals surface area contributed by atoms with Gasteiger partial charge in [0.2, 0.25) is 10.0 Å². The van der Waals surface area contributed by atoms with Crippen LogP contribution in [0.4, 0.5) is 0 Å². The van der Waals surface area contributed by atoms with E-state index in [1.165, 1.54) is 10.4 Å². The second-order valence-corrected chi connectivity index (χ2v) is 8.55. The van der Waals surface area contributed by atoms with E-state index in [4.69, 9.17) is 9.26 Å². The number of nitrogens with one attached hydrogen (secondary N) is 1. The van der Waals surface area contributed by atoms with Crippen molar-refractivity contribution in [3.8, 4) is 11.3 Å². The van der Waals surface area contributed by atoms with Gasteiger partial charge in [0.25, 0.3) is 5.91 Å². The molecule has 9 nitrogen and oxygen atoms in total. The van der Waals surface area contributed by atoms with E-state index in [1.54, 1.807) is 24.5 Å². The lowest BCUT2D eigenvalue weighted by Gasteiger charge is -2.34. The average Bonchev–Trinajstić information content (AvgIpc) is 3.12. The van der Waals surface area contributed by atoms with Gasteiger partial charge in [-0.3, -0.25) is 9.78 Å². The third kappa shape index (κ3) is 4.90. The first-order valence-corrected chi connectivity index (χ1v) is 10.2. The van der Waals surface area contributed by atoms with Crippen LogP contribution < -0.4 is 5.32 Å². The first kappa shape index (κ1) is 19.5. The number of ether oxygens (including phenoxy) is 1. The molecule has 0 aromatic carbocycles. The summed E-state index contributed by atoms with van der Waals surface area (Å²) >= 11 is 0. The number of sulfonamides is 1. The Hall–Kier alpha value is -2.30. The fourth-order valence-electron chi connectivity index (χ4n) is 2.90. The summed E-state index contributed by atoms with van der Waals surface area (Å²) in [6.07, 6.45) is 2.92. The molecule has 1 amide bonds. The molecule has 10 heteroatoms. The van der Waals surface area contributed by atoms with E-state index >= 15 is 0 Å². The van der Waals surface area contributed by atoms with E-state index in [-0.39, 0.29) is 30.2 Å². The fraction of sp³-hybridized carbons (Fsp3) is 0.471. The quantitative estimate of drug-likeness (QED) is 0.774. The summed E-state index contributed by atoms with van der Waals surface area (Å²) in [4.78, 5) is 16.2. The van der Waals surface area contributed by atoms with Gasteiger partial charge >= 0.3 is 0 Å². The normalized spacial score (nSPS) is 21.1. The Morgan fingerprint density at radius 1 is 1.33 bits per heavy atom. The molecule has 3 rings (SSSR count). The maximum Gasteiger partial charge on any atom is 0.273 e. The summed E-state index contributed by atoms with van der Waals surface area (Å²) < 4.78 is 37.0. The molecule has 2 atom stereocenters. The maximum atomic E-state index is 12.5. The molecule has 146 valence electrons. The Bertz CT molecular complexity index is 874. The van der Waals surface area contributed by atoms with Crippen molar-refractivity contribution in [3.05, 3.63) is 36.3 Å². The molecular formula is C17H22N4O5S. The van der Waals surface area contributed by atoms with Crippen LogP contribution in [0.1, 0.15) is 24.3 Å². The maximum absolute atomic E-state index is 12.5. The highest BCUT2D eigenvalue weighted by molar-refractivity contribution is 7.89. The lowest BCUT2D eigenvalue weighted by molar-refractivity contribution is -0.0440. The zero-order chi connectivity index (χ0) is 19.4. The molecule has 3 heterocycles. The first-order chi connectivity index (χ1) is 12.8. The Morgan fingerprint density at radius 2 is 2.07 bits per heavy atom. The van der Waals surface area contributed by atoms with Crippen molar-refractivity contribution in [2.45, 2.75) is 26.1 Å². The number of carbonyl (C=O) groups excluding carboxylic acids is 1. The van der Waals surface area contributed by atoms with Crippen molar-refractivity contribution in [2.75, 3.05) is 25.4 Å². The molecule has 1 aliphatic rings. The third-order valence-electron chi connectivity index (χ3n) is 4.11. The van der Waals surface area contributed by atoms with Crippen molar-refractivity contribution in [1.29, 1.82) is 0 Å². The molecule has 0 radical (unpaired) electrons. The van der Waals surface area contributed by atoms with Crippen LogP contribution in [-0.2, 0) is 14.8 Å². The molecule has 1 aliphatic heterocycles. The summed E-state index contributed by atoms with van der Waals surface area (Å²) in [6, 6.07) is 5.02. The van der Waals surface area contributed by atoms with Crippen LogP contribution in [-0.4, -0.2) is 66.4 Å². The molecule has 1 saturated heterocycles. The van der Waals surface area contributed by atoms with Crippen LogP contribution in [0.2, 0.25) is 0 Å². The smallest absolute Gasteiger partial charge is 0.273 e. The molecule has 2 unspecified atom stereocenters. The Kier molecular flexibility index (Phi) is 5.88. The predicted octanol–water partition coefficient (Wildman–Crippen LogP) is 0.905. The number of rotatable bonds is 6. The molecule has 1 N–H and O–H groups in total. The second-order valence-electron chi connectivity index (χ2n) is 6.46. The third-order valence-corrected chi connectivity index (χ3v) is 5.92. The standard InChI is InChI=1S/C17H22N4O5S/c1-12-10-21(11-13(2)25-12)27(23,24)7-6-19-17(22)15-8-16(26-20-15)14-4-3-5-18-9-14/h3-5,8-9,12-13H,6-7,10-11H2,1-2H3,(H,19,22). The predicted molar refractivity (Wildman–Crippen MR) is 97.4 cm³/mol. The van der Waals surface area contributed by atoms with Crippen molar-refractivity contribution in [3.63, 3.8) is 0 Å². The second kappa shape index (κ2) is 8.15. The van der Waals surface area contributed by atoms with E-state index in [0.29, 0.717) is 24.4 Å². The van der Waals surface area contributed by atoms with Crippen molar-refractivity contribution in [1.82, 2.24) is 19.8 Å². The van der Waals surface area contributed by atoms with Gasteiger partial charge in [-0.1, -0.05) is 5.16 Å². The average molecular weight is 394 g/mol. The summed E-state index contributed by atoms with van der Waals surface area (Å²) in [5, 5.41) is 6.29. The van der Waals surface area contributed by atoms with Gasteiger partial charge in [-0.05, 0) is 26.0 Å². The zero-order valence-corrected chi connectivity index (χ0v) is 16.0. The Morgan fingerprint density at radius 3 is 2.74 bits per heavy atom. The van der Waals surface area contributed by atoms with E-state index < -0.39 is 15.9 Å². The Balaban J connectivity index is 1.54. The van der Waals surface area contributed by atoms with Crippen LogP contribution >= 0.6 is 0 Å². The van der Waals surface area contributed by atoms with E-state index in [1.807, 2.05) is 13.8 Å². The van der Waals surface area contributed by atoms with E-state index in [0.717, 1.165) is 0 Å². The number of amides is 1. The number of aromatic nitrogens is 2. The van der Waals surface area contributed by atoms with E-state index in [2.05, 4.69) is 15.5 Å². The molecule has 2 aromatic heterocycles. The number of hydrogen-bond acceptors (Lipinski definition) is 7. The highest BCUT2D eigenvalue weighted by atomic mass is 32.2. The summed E-state index contributed by atoms with van der Waals surface area (Å²) in [6.45, 7) is 4.29. The zero-order valence-electron chi connectivity index (χ0n) is 15.2. The van der Waals surface area contributed by atoms with Crippen LogP contribution in [0, 0.1) is 0 Å². The molecule has 0 spiro atoms. The highest BCUT2D eigenvalue weighted by Gasteiger charge is 2.30. The number of nitrogens with zero attached hydrogens (tertiary/aromatic N) is 3. The Labute approximate surface area is 157 Å². The van der Waals surface area contributed by atoms with Gasteiger partial charge in [-0.2, -0.15) is 4.31 Å². The minimum Gasteiger partial charge on any atom is -0.373 e.